The molecule has 0 unspecified atom stereocenters. The summed E-state index contributed by atoms with van der Waals surface area (Å²) in [4.78, 5) is 12.1. The Balaban J connectivity index is 2.08. The average molecular weight is 322 g/mol. The Morgan fingerprint density at radius 3 is 2.89 bits per heavy atom. The lowest BCUT2D eigenvalue weighted by Gasteiger charge is -2.03. The van der Waals surface area contributed by atoms with Gasteiger partial charge in [0.1, 0.15) is 5.82 Å². The van der Waals surface area contributed by atoms with Crippen LogP contribution in [-0.4, -0.2) is 14.2 Å². The normalized spacial score (nSPS) is 11.1. The number of benzene rings is 1. The highest BCUT2D eigenvalue weighted by Crippen LogP contribution is 2.18. The third-order valence-electron chi connectivity index (χ3n) is 2.82. The molecule has 4 nitrogen and oxygen atoms in total. The molecule has 3 aromatic rings. The van der Waals surface area contributed by atoms with E-state index < -0.39 is 0 Å². The summed E-state index contributed by atoms with van der Waals surface area (Å²) in [5.74, 6) is -0.338. The SMILES string of the molecule is O=c1n(Cc2cc(F)ccc2Br)nc2ccccn12. The Bertz CT molecular complexity index is 809. The molecule has 0 N–H and O–H groups in total. The maximum Gasteiger partial charge on any atom is 0.350 e. The maximum atomic E-state index is 13.2. The van der Waals surface area contributed by atoms with Crippen molar-refractivity contribution in [3.8, 4) is 0 Å². The third kappa shape index (κ3) is 2.19. The molecule has 0 saturated carbocycles. The van der Waals surface area contributed by atoms with Gasteiger partial charge in [-0.2, -0.15) is 0 Å². The van der Waals surface area contributed by atoms with Crippen LogP contribution in [0.4, 0.5) is 4.39 Å². The minimum atomic E-state index is -0.338. The molecule has 0 fully saturated rings. The zero-order valence-corrected chi connectivity index (χ0v) is 11.3. The van der Waals surface area contributed by atoms with Crippen LogP contribution in [0.1, 0.15) is 5.56 Å². The first-order valence-corrected chi connectivity index (χ1v) is 6.42. The average Bonchev–Trinajstić information content (AvgIpc) is 2.72. The molecule has 0 aliphatic heterocycles. The summed E-state index contributed by atoms with van der Waals surface area (Å²) in [6, 6.07) is 9.69. The van der Waals surface area contributed by atoms with Crippen molar-refractivity contribution >= 4 is 21.6 Å². The van der Waals surface area contributed by atoms with Crippen molar-refractivity contribution in [3.05, 3.63) is 68.9 Å². The van der Waals surface area contributed by atoms with Crippen molar-refractivity contribution < 1.29 is 4.39 Å². The van der Waals surface area contributed by atoms with Gasteiger partial charge in [-0.05, 0) is 35.9 Å². The number of aromatic nitrogens is 3. The molecular formula is C13H9BrFN3O. The van der Waals surface area contributed by atoms with Crippen LogP contribution in [0.3, 0.4) is 0 Å². The van der Waals surface area contributed by atoms with Gasteiger partial charge in [0, 0.05) is 10.7 Å². The summed E-state index contributed by atoms with van der Waals surface area (Å²) < 4.78 is 16.7. The zero-order valence-electron chi connectivity index (χ0n) is 9.75. The quantitative estimate of drug-likeness (QED) is 0.727. The van der Waals surface area contributed by atoms with Crippen LogP contribution >= 0.6 is 15.9 Å². The summed E-state index contributed by atoms with van der Waals surface area (Å²) >= 11 is 3.34. The topological polar surface area (TPSA) is 39.3 Å². The molecule has 3 rings (SSSR count). The predicted octanol–water partition coefficient (Wildman–Crippen LogP) is 2.45. The van der Waals surface area contributed by atoms with Crippen molar-refractivity contribution in [1.82, 2.24) is 14.2 Å². The van der Waals surface area contributed by atoms with Crippen LogP contribution in [0.5, 0.6) is 0 Å². The Morgan fingerprint density at radius 2 is 2.11 bits per heavy atom. The molecule has 1 aromatic carbocycles. The molecule has 0 aliphatic carbocycles. The van der Waals surface area contributed by atoms with E-state index in [9.17, 15) is 9.18 Å². The standard InChI is InChI=1S/C13H9BrFN3O/c14-11-5-4-10(15)7-9(11)8-18-13(19)17-6-2-1-3-12(17)16-18/h1-7H,8H2. The number of pyridine rings is 1. The third-order valence-corrected chi connectivity index (χ3v) is 3.59. The fourth-order valence-electron chi connectivity index (χ4n) is 1.90. The Labute approximate surface area is 116 Å². The number of fused-ring (bicyclic) bond motifs is 1. The van der Waals surface area contributed by atoms with Crippen molar-refractivity contribution in [2.75, 3.05) is 0 Å². The first-order chi connectivity index (χ1) is 9.15. The highest BCUT2D eigenvalue weighted by atomic mass is 79.9. The predicted molar refractivity (Wildman–Crippen MR) is 72.7 cm³/mol. The van der Waals surface area contributed by atoms with Crippen molar-refractivity contribution in [2.24, 2.45) is 0 Å². The highest BCUT2D eigenvalue weighted by Gasteiger charge is 2.09. The smallest absolute Gasteiger partial charge is 0.250 e. The molecule has 0 saturated heterocycles. The van der Waals surface area contributed by atoms with Crippen LogP contribution in [0.15, 0.2) is 51.9 Å². The summed E-state index contributed by atoms with van der Waals surface area (Å²) in [7, 11) is 0. The molecule has 0 atom stereocenters. The largest absolute Gasteiger partial charge is 0.350 e. The Hall–Kier alpha value is -1.95. The molecule has 19 heavy (non-hydrogen) atoms. The fourth-order valence-corrected chi connectivity index (χ4v) is 2.27. The lowest BCUT2D eigenvalue weighted by Crippen LogP contribution is -2.21. The molecule has 2 heterocycles. The van der Waals surface area contributed by atoms with E-state index in [2.05, 4.69) is 21.0 Å². The van der Waals surface area contributed by atoms with Crippen molar-refractivity contribution in [2.45, 2.75) is 6.54 Å². The summed E-state index contributed by atoms with van der Waals surface area (Å²) in [5, 5.41) is 4.20. The summed E-state index contributed by atoms with van der Waals surface area (Å²) in [6.07, 6.45) is 1.65. The van der Waals surface area contributed by atoms with E-state index in [1.54, 1.807) is 24.4 Å². The molecule has 0 amide bonds. The number of nitrogens with zero attached hydrogens (tertiary/aromatic N) is 3. The fraction of sp³-hybridized carbons (Fsp3) is 0.0769. The van der Waals surface area contributed by atoms with Crippen LogP contribution in [0.2, 0.25) is 0 Å². The number of rotatable bonds is 2. The van der Waals surface area contributed by atoms with E-state index in [1.165, 1.54) is 21.2 Å². The van der Waals surface area contributed by atoms with Crippen LogP contribution in [0, 0.1) is 5.82 Å². The van der Waals surface area contributed by atoms with Gasteiger partial charge in [-0.3, -0.25) is 4.40 Å². The molecule has 0 bridgehead atoms. The molecule has 0 radical (unpaired) electrons. The number of halogens is 2. The van der Waals surface area contributed by atoms with Crippen LogP contribution < -0.4 is 5.69 Å². The van der Waals surface area contributed by atoms with Crippen LogP contribution in [-0.2, 0) is 6.54 Å². The van der Waals surface area contributed by atoms with Crippen molar-refractivity contribution in [3.63, 3.8) is 0 Å². The van der Waals surface area contributed by atoms with Gasteiger partial charge in [-0.1, -0.05) is 22.0 Å². The van der Waals surface area contributed by atoms with Gasteiger partial charge in [0.05, 0.1) is 6.54 Å². The zero-order chi connectivity index (χ0) is 13.4. The lowest BCUT2D eigenvalue weighted by atomic mass is 10.2. The van der Waals surface area contributed by atoms with Gasteiger partial charge < -0.3 is 0 Å². The van der Waals surface area contributed by atoms with E-state index in [0.717, 1.165) is 4.47 Å². The first-order valence-electron chi connectivity index (χ1n) is 5.63. The van der Waals surface area contributed by atoms with E-state index in [4.69, 9.17) is 0 Å². The molecule has 0 spiro atoms. The second-order valence-corrected chi connectivity index (χ2v) is 4.96. The van der Waals surface area contributed by atoms with Gasteiger partial charge in [0.2, 0.25) is 0 Å². The Kier molecular flexibility index (Phi) is 2.94. The second-order valence-electron chi connectivity index (χ2n) is 4.10. The van der Waals surface area contributed by atoms with Crippen molar-refractivity contribution in [1.29, 1.82) is 0 Å². The highest BCUT2D eigenvalue weighted by molar-refractivity contribution is 9.10. The summed E-state index contributed by atoms with van der Waals surface area (Å²) in [6.45, 7) is 0.221. The monoisotopic (exact) mass is 321 g/mol. The molecular weight excluding hydrogens is 313 g/mol. The second kappa shape index (κ2) is 4.62. The van der Waals surface area contributed by atoms with E-state index in [0.29, 0.717) is 11.2 Å². The molecule has 2 aromatic heterocycles. The number of hydrogen-bond acceptors (Lipinski definition) is 2. The summed E-state index contributed by atoms with van der Waals surface area (Å²) in [5.41, 5.74) is 0.997. The minimum absolute atomic E-state index is 0.221. The van der Waals surface area contributed by atoms with Gasteiger partial charge in [-0.15, -0.1) is 5.10 Å². The Morgan fingerprint density at radius 1 is 1.26 bits per heavy atom. The molecule has 6 heteroatoms. The van der Waals surface area contributed by atoms with E-state index in [-0.39, 0.29) is 18.1 Å². The van der Waals surface area contributed by atoms with E-state index in [1.807, 2.05) is 6.07 Å². The first kappa shape index (κ1) is 12.1. The lowest BCUT2D eigenvalue weighted by molar-refractivity contribution is 0.614. The van der Waals surface area contributed by atoms with Gasteiger partial charge in [0.25, 0.3) is 0 Å². The van der Waals surface area contributed by atoms with E-state index >= 15 is 0 Å². The molecule has 0 aliphatic rings. The molecule has 96 valence electrons. The van der Waals surface area contributed by atoms with Crippen LogP contribution in [0.25, 0.3) is 5.65 Å². The van der Waals surface area contributed by atoms with Gasteiger partial charge in [0.15, 0.2) is 5.65 Å². The van der Waals surface area contributed by atoms with Gasteiger partial charge in [-0.25, -0.2) is 13.9 Å². The van der Waals surface area contributed by atoms with Gasteiger partial charge >= 0.3 is 5.69 Å². The minimum Gasteiger partial charge on any atom is -0.250 e. The number of hydrogen-bond donors (Lipinski definition) is 0. The maximum absolute atomic E-state index is 13.2.